The van der Waals surface area contributed by atoms with E-state index < -0.39 is 8.07 Å². The molecule has 76 valence electrons. The molecule has 0 saturated heterocycles. The van der Waals surface area contributed by atoms with Crippen molar-refractivity contribution in [2.75, 3.05) is 0 Å². The third kappa shape index (κ3) is 2.79. The molecule has 0 aliphatic heterocycles. The summed E-state index contributed by atoms with van der Waals surface area (Å²) in [6, 6.07) is 9.72. The van der Waals surface area contributed by atoms with E-state index in [2.05, 4.69) is 35.6 Å². The van der Waals surface area contributed by atoms with Gasteiger partial charge in [-0.15, -0.1) is 0 Å². The Morgan fingerprint density at radius 1 is 1.14 bits per heavy atom. The lowest BCUT2D eigenvalue weighted by molar-refractivity contribution is 0.709. The molecule has 0 atom stereocenters. The van der Waals surface area contributed by atoms with E-state index in [0.717, 1.165) is 10.8 Å². The smallest absolute Gasteiger partial charge is 0.165 e. The van der Waals surface area contributed by atoms with Crippen LogP contribution in [0.2, 0.25) is 19.6 Å². The van der Waals surface area contributed by atoms with E-state index in [1.807, 2.05) is 30.3 Å². The number of benzene rings is 1. The lowest BCUT2D eigenvalue weighted by atomic mass is 10.2. The molecule has 0 heterocycles. The summed E-state index contributed by atoms with van der Waals surface area (Å²) in [7, 11) is -1.63. The summed E-state index contributed by atoms with van der Waals surface area (Å²) < 4.78 is 13.2. The first-order valence-electron chi connectivity index (χ1n) is 4.54. The van der Waals surface area contributed by atoms with Gasteiger partial charge in [-0.25, -0.2) is 0 Å². The summed E-state index contributed by atoms with van der Waals surface area (Å²) >= 11 is 2.96. The van der Waals surface area contributed by atoms with Crippen molar-refractivity contribution in [3.8, 4) is 0 Å². The van der Waals surface area contributed by atoms with E-state index in [-0.39, 0.29) is 4.74 Å². The molecule has 1 rings (SSSR count). The van der Waals surface area contributed by atoms with Gasteiger partial charge in [0, 0.05) is 0 Å². The van der Waals surface area contributed by atoms with Crippen LogP contribution >= 0.6 is 15.9 Å². The Labute approximate surface area is 94.0 Å². The normalized spacial score (nSPS) is 13.8. The maximum atomic E-state index is 13.4. The summed E-state index contributed by atoms with van der Waals surface area (Å²) in [5, 5.41) is 0.845. The topological polar surface area (TPSA) is 0 Å². The van der Waals surface area contributed by atoms with Crippen molar-refractivity contribution in [3.63, 3.8) is 0 Å². The molecule has 0 spiro atoms. The Balaban J connectivity index is 3.24. The molecule has 3 heteroatoms. The van der Waals surface area contributed by atoms with E-state index >= 15 is 0 Å². The Morgan fingerprint density at radius 3 is 2.00 bits per heavy atom. The van der Waals surface area contributed by atoms with Gasteiger partial charge in [-0.3, -0.25) is 0 Å². The Hall–Kier alpha value is -0.413. The van der Waals surface area contributed by atoms with Crippen LogP contribution in [-0.2, 0) is 0 Å². The summed E-state index contributed by atoms with van der Waals surface area (Å²) in [4.78, 5) is 0. The van der Waals surface area contributed by atoms with Crippen LogP contribution in [0.3, 0.4) is 0 Å². The Bertz CT molecular complexity index is 334. The molecule has 0 amide bonds. The van der Waals surface area contributed by atoms with E-state index in [1.165, 1.54) is 0 Å². The van der Waals surface area contributed by atoms with Crippen LogP contribution in [0.25, 0.3) is 5.20 Å². The highest BCUT2D eigenvalue weighted by atomic mass is 79.9. The first-order valence-corrected chi connectivity index (χ1v) is 8.83. The van der Waals surface area contributed by atoms with Crippen LogP contribution in [0.15, 0.2) is 35.1 Å². The average Bonchev–Trinajstić information content (AvgIpc) is 2.02. The third-order valence-corrected chi connectivity index (χ3v) is 4.77. The second-order valence-electron chi connectivity index (χ2n) is 4.25. The van der Waals surface area contributed by atoms with Crippen LogP contribution in [0.5, 0.6) is 0 Å². The van der Waals surface area contributed by atoms with Gasteiger partial charge in [0.05, 0.1) is 8.07 Å². The highest BCUT2D eigenvalue weighted by molar-refractivity contribution is 9.11. The molecule has 0 bridgehead atoms. The Morgan fingerprint density at radius 2 is 1.64 bits per heavy atom. The Kier molecular flexibility index (Phi) is 3.67. The quantitative estimate of drug-likeness (QED) is 0.691. The van der Waals surface area contributed by atoms with Gasteiger partial charge in [0.25, 0.3) is 0 Å². The van der Waals surface area contributed by atoms with Crippen molar-refractivity contribution in [3.05, 3.63) is 40.6 Å². The average molecular weight is 273 g/mol. The molecule has 0 saturated carbocycles. The molecule has 0 fully saturated rings. The monoisotopic (exact) mass is 272 g/mol. The van der Waals surface area contributed by atoms with Crippen LogP contribution in [0.4, 0.5) is 4.39 Å². The van der Waals surface area contributed by atoms with Crippen LogP contribution in [-0.4, -0.2) is 8.07 Å². The number of hydrogen-bond donors (Lipinski definition) is 0. The first kappa shape index (κ1) is 11.7. The fraction of sp³-hybridized carbons (Fsp3) is 0.273. The van der Waals surface area contributed by atoms with E-state index in [9.17, 15) is 4.39 Å². The van der Waals surface area contributed by atoms with Crippen LogP contribution in [0.1, 0.15) is 5.56 Å². The van der Waals surface area contributed by atoms with Crippen molar-refractivity contribution in [2.24, 2.45) is 0 Å². The van der Waals surface area contributed by atoms with E-state index in [1.54, 1.807) is 0 Å². The zero-order chi connectivity index (χ0) is 10.8. The molecule has 0 aromatic heterocycles. The molecule has 0 radical (unpaired) electrons. The summed E-state index contributed by atoms with van der Waals surface area (Å²) in [5.74, 6) is 0. The van der Waals surface area contributed by atoms with Gasteiger partial charge in [-0.05, 0) is 26.7 Å². The number of halogens is 2. The van der Waals surface area contributed by atoms with Gasteiger partial charge in [0.2, 0.25) is 0 Å². The summed E-state index contributed by atoms with van der Waals surface area (Å²) in [6.07, 6.45) is 0. The zero-order valence-corrected chi connectivity index (χ0v) is 11.2. The zero-order valence-electron chi connectivity index (χ0n) is 8.64. The minimum Gasteiger partial charge on any atom is -0.199 e. The fourth-order valence-corrected chi connectivity index (χ4v) is 5.04. The molecule has 0 N–H and O–H groups in total. The minimum absolute atomic E-state index is 0.220. The second-order valence-corrected chi connectivity index (χ2v) is 9.95. The largest absolute Gasteiger partial charge is 0.199 e. The molecule has 1 aromatic rings. The standard InChI is InChI=1S/C11H14BrFSi/c1-14(2,3)10(11(12)13)9-7-5-4-6-8-9/h4-8H,1-3H3. The van der Waals surface area contributed by atoms with Crippen molar-refractivity contribution >= 4 is 29.2 Å². The highest BCUT2D eigenvalue weighted by Gasteiger charge is 2.24. The molecular formula is C11H14BrFSi. The molecule has 0 unspecified atom stereocenters. The van der Waals surface area contributed by atoms with Crippen LogP contribution in [0, 0.1) is 0 Å². The molecule has 1 aromatic carbocycles. The predicted molar refractivity (Wildman–Crippen MR) is 66.7 cm³/mol. The maximum absolute atomic E-state index is 13.4. The van der Waals surface area contributed by atoms with E-state index in [0.29, 0.717) is 0 Å². The SMILES string of the molecule is C[Si](C)(C)C(=C(F)Br)c1ccccc1. The van der Waals surface area contributed by atoms with Crippen molar-refractivity contribution in [2.45, 2.75) is 19.6 Å². The molecular weight excluding hydrogens is 259 g/mol. The summed E-state index contributed by atoms with van der Waals surface area (Å²) in [5.41, 5.74) is 0.987. The fourth-order valence-electron chi connectivity index (χ4n) is 1.43. The van der Waals surface area contributed by atoms with Gasteiger partial charge in [0.1, 0.15) is 0 Å². The molecule has 0 nitrogen and oxygen atoms in total. The van der Waals surface area contributed by atoms with Crippen molar-refractivity contribution in [1.82, 2.24) is 0 Å². The van der Waals surface area contributed by atoms with Crippen molar-refractivity contribution < 1.29 is 4.39 Å². The minimum atomic E-state index is -1.63. The van der Waals surface area contributed by atoms with Crippen LogP contribution < -0.4 is 0 Å². The van der Waals surface area contributed by atoms with Crippen molar-refractivity contribution in [1.29, 1.82) is 0 Å². The summed E-state index contributed by atoms with van der Waals surface area (Å²) in [6.45, 7) is 6.41. The lowest BCUT2D eigenvalue weighted by Crippen LogP contribution is -2.23. The predicted octanol–water partition coefficient (Wildman–Crippen LogP) is 4.60. The number of hydrogen-bond acceptors (Lipinski definition) is 0. The van der Waals surface area contributed by atoms with Gasteiger partial charge in [-0.1, -0.05) is 50.0 Å². The van der Waals surface area contributed by atoms with Gasteiger partial charge in [0.15, 0.2) is 4.74 Å². The third-order valence-electron chi connectivity index (χ3n) is 2.00. The lowest BCUT2D eigenvalue weighted by Gasteiger charge is -2.20. The van der Waals surface area contributed by atoms with Gasteiger partial charge in [-0.2, -0.15) is 4.39 Å². The second kappa shape index (κ2) is 4.40. The molecule has 0 aliphatic carbocycles. The van der Waals surface area contributed by atoms with Gasteiger partial charge >= 0.3 is 0 Å². The number of rotatable bonds is 2. The highest BCUT2D eigenvalue weighted by Crippen LogP contribution is 2.32. The first-order chi connectivity index (χ1) is 6.43. The molecule has 14 heavy (non-hydrogen) atoms. The van der Waals surface area contributed by atoms with E-state index in [4.69, 9.17) is 0 Å². The molecule has 0 aliphatic rings. The van der Waals surface area contributed by atoms with Gasteiger partial charge < -0.3 is 0 Å². The maximum Gasteiger partial charge on any atom is 0.165 e.